The van der Waals surface area contributed by atoms with Gasteiger partial charge in [-0.25, -0.2) is 0 Å². The fraction of sp³-hybridized carbons (Fsp3) is 1.00. The van der Waals surface area contributed by atoms with Crippen molar-refractivity contribution >= 4 is 0 Å². The van der Waals surface area contributed by atoms with Crippen molar-refractivity contribution in [1.29, 1.82) is 0 Å². The lowest BCUT2D eigenvalue weighted by atomic mass is 10.1. The summed E-state index contributed by atoms with van der Waals surface area (Å²) >= 11 is 0. The zero-order valence-electron chi connectivity index (χ0n) is 4.36. The number of hydrogen-bond donors (Lipinski definition) is 3. The minimum absolute atomic E-state index is 0.528. The molecule has 0 amide bonds. The molecular weight excluding hydrogens is 92.1 g/mol. The SMILES string of the molecule is CC1(O)CNNC1. The van der Waals surface area contributed by atoms with Crippen LogP contribution >= 0.6 is 0 Å². The smallest absolute Gasteiger partial charge is 0.0895 e. The topological polar surface area (TPSA) is 44.3 Å². The van der Waals surface area contributed by atoms with E-state index in [0.717, 1.165) is 0 Å². The van der Waals surface area contributed by atoms with Gasteiger partial charge in [-0.15, -0.1) is 0 Å². The lowest BCUT2D eigenvalue weighted by Gasteiger charge is -2.10. The molecule has 0 aromatic heterocycles. The second-order valence-corrected chi connectivity index (χ2v) is 2.20. The second-order valence-electron chi connectivity index (χ2n) is 2.20. The zero-order chi connectivity index (χ0) is 5.33. The maximum atomic E-state index is 9.07. The number of hydrogen-bond acceptors (Lipinski definition) is 3. The molecule has 1 saturated heterocycles. The fourth-order valence-electron chi connectivity index (χ4n) is 0.568. The van der Waals surface area contributed by atoms with Crippen molar-refractivity contribution in [2.45, 2.75) is 12.5 Å². The number of rotatable bonds is 0. The average Bonchev–Trinajstić information content (AvgIpc) is 1.84. The van der Waals surface area contributed by atoms with Crippen molar-refractivity contribution in [2.75, 3.05) is 13.1 Å². The van der Waals surface area contributed by atoms with Crippen molar-refractivity contribution < 1.29 is 5.11 Å². The van der Waals surface area contributed by atoms with Gasteiger partial charge in [0.25, 0.3) is 0 Å². The first-order chi connectivity index (χ1) is 3.21. The molecule has 3 heteroatoms. The molecule has 1 aliphatic rings. The van der Waals surface area contributed by atoms with Crippen LogP contribution in [0.5, 0.6) is 0 Å². The summed E-state index contributed by atoms with van der Waals surface area (Å²) in [4.78, 5) is 0. The van der Waals surface area contributed by atoms with Gasteiger partial charge >= 0.3 is 0 Å². The van der Waals surface area contributed by atoms with Gasteiger partial charge in [0.1, 0.15) is 0 Å². The first kappa shape index (κ1) is 5.03. The molecule has 3 N–H and O–H groups in total. The predicted molar refractivity (Wildman–Crippen MR) is 26.6 cm³/mol. The van der Waals surface area contributed by atoms with Gasteiger partial charge in [0.2, 0.25) is 0 Å². The molecule has 1 heterocycles. The highest BCUT2D eigenvalue weighted by Crippen LogP contribution is 2.01. The van der Waals surface area contributed by atoms with E-state index in [1.807, 2.05) is 0 Å². The van der Waals surface area contributed by atoms with Gasteiger partial charge in [-0.2, -0.15) is 0 Å². The summed E-state index contributed by atoms with van der Waals surface area (Å²) in [7, 11) is 0. The van der Waals surface area contributed by atoms with Crippen LogP contribution in [0, 0.1) is 0 Å². The first-order valence-electron chi connectivity index (χ1n) is 2.39. The Morgan fingerprint density at radius 3 is 2.00 bits per heavy atom. The van der Waals surface area contributed by atoms with Crippen LogP contribution in [0.3, 0.4) is 0 Å². The lowest BCUT2D eigenvalue weighted by molar-refractivity contribution is 0.0936. The lowest BCUT2D eigenvalue weighted by Crippen LogP contribution is -2.29. The molecule has 1 aliphatic heterocycles. The molecule has 1 rings (SSSR count). The number of aliphatic hydroxyl groups is 1. The van der Waals surface area contributed by atoms with Crippen molar-refractivity contribution in [2.24, 2.45) is 0 Å². The van der Waals surface area contributed by atoms with Crippen molar-refractivity contribution in [3.05, 3.63) is 0 Å². The standard InChI is InChI=1S/C4H10N2O/c1-4(7)2-5-6-3-4/h5-7H,2-3H2,1H3. The Morgan fingerprint density at radius 2 is 1.86 bits per heavy atom. The third-order valence-corrected chi connectivity index (χ3v) is 1.06. The number of hydrazine groups is 1. The molecule has 0 unspecified atom stereocenters. The molecule has 0 radical (unpaired) electrons. The summed E-state index contributed by atoms with van der Waals surface area (Å²) < 4.78 is 0. The Labute approximate surface area is 42.7 Å². The molecule has 0 saturated carbocycles. The van der Waals surface area contributed by atoms with Crippen LogP contribution in [-0.4, -0.2) is 23.8 Å². The predicted octanol–water partition coefficient (Wildman–Crippen LogP) is -1.15. The Hall–Kier alpha value is -0.120. The van der Waals surface area contributed by atoms with Gasteiger partial charge in [0.15, 0.2) is 0 Å². The van der Waals surface area contributed by atoms with Crippen molar-refractivity contribution in [3.63, 3.8) is 0 Å². The van der Waals surface area contributed by atoms with Crippen molar-refractivity contribution in [3.8, 4) is 0 Å². The van der Waals surface area contributed by atoms with Crippen LogP contribution in [0.15, 0.2) is 0 Å². The summed E-state index contributed by atoms with van der Waals surface area (Å²) in [6.45, 7) is 3.08. The quantitative estimate of drug-likeness (QED) is 0.361. The summed E-state index contributed by atoms with van der Waals surface area (Å²) in [5, 5.41) is 9.07. The summed E-state index contributed by atoms with van der Waals surface area (Å²) in [5.74, 6) is 0. The Morgan fingerprint density at radius 1 is 1.43 bits per heavy atom. The van der Waals surface area contributed by atoms with Gasteiger partial charge < -0.3 is 5.11 Å². The van der Waals surface area contributed by atoms with Crippen LogP contribution in [0.2, 0.25) is 0 Å². The minimum atomic E-state index is -0.528. The maximum absolute atomic E-state index is 9.07. The normalized spacial score (nSPS) is 28.3. The van der Waals surface area contributed by atoms with Gasteiger partial charge in [-0.3, -0.25) is 10.9 Å². The molecule has 0 atom stereocenters. The van der Waals surface area contributed by atoms with E-state index in [4.69, 9.17) is 5.11 Å². The number of nitrogens with one attached hydrogen (secondary N) is 2. The molecular formula is C4H10N2O. The van der Waals surface area contributed by atoms with Crippen LogP contribution < -0.4 is 10.9 Å². The highest BCUT2D eigenvalue weighted by atomic mass is 16.3. The van der Waals surface area contributed by atoms with E-state index in [0.29, 0.717) is 13.1 Å². The van der Waals surface area contributed by atoms with E-state index in [1.54, 1.807) is 6.92 Å². The molecule has 42 valence electrons. The summed E-state index contributed by atoms with van der Waals surface area (Å²) in [6, 6.07) is 0. The van der Waals surface area contributed by atoms with Crippen LogP contribution in [-0.2, 0) is 0 Å². The molecule has 0 aliphatic carbocycles. The second kappa shape index (κ2) is 1.43. The van der Waals surface area contributed by atoms with E-state index < -0.39 is 5.60 Å². The van der Waals surface area contributed by atoms with Gasteiger partial charge in [-0.1, -0.05) is 0 Å². The number of β-amino-alcohol motifs (C(OH)–C–C–N with tert-alkyl or cyclic N) is 1. The van der Waals surface area contributed by atoms with Crippen molar-refractivity contribution in [1.82, 2.24) is 10.9 Å². The van der Waals surface area contributed by atoms with Crippen LogP contribution in [0.4, 0.5) is 0 Å². The molecule has 0 aromatic rings. The van der Waals surface area contributed by atoms with Crippen LogP contribution in [0.1, 0.15) is 6.92 Å². The molecule has 0 bridgehead atoms. The third kappa shape index (κ3) is 1.12. The highest BCUT2D eigenvalue weighted by Gasteiger charge is 2.23. The van der Waals surface area contributed by atoms with Gasteiger partial charge in [-0.05, 0) is 6.92 Å². The largest absolute Gasteiger partial charge is 0.387 e. The Kier molecular flexibility index (Phi) is 1.03. The Balaban J connectivity index is 2.40. The third-order valence-electron chi connectivity index (χ3n) is 1.06. The minimum Gasteiger partial charge on any atom is -0.387 e. The summed E-state index contributed by atoms with van der Waals surface area (Å²) in [6.07, 6.45) is 0. The molecule has 7 heavy (non-hydrogen) atoms. The fourth-order valence-corrected chi connectivity index (χ4v) is 0.568. The first-order valence-corrected chi connectivity index (χ1v) is 2.39. The monoisotopic (exact) mass is 102 g/mol. The summed E-state index contributed by atoms with van der Waals surface area (Å²) in [5.41, 5.74) is 5.10. The van der Waals surface area contributed by atoms with E-state index in [1.165, 1.54) is 0 Å². The van der Waals surface area contributed by atoms with E-state index >= 15 is 0 Å². The average molecular weight is 102 g/mol. The van der Waals surface area contributed by atoms with Crippen LogP contribution in [0.25, 0.3) is 0 Å². The zero-order valence-corrected chi connectivity index (χ0v) is 4.36. The Bertz CT molecular complexity index is 64.1. The molecule has 1 fully saturated rings. The van der Waals surface area contributed by atoms with Gasteiger partial charge in [0, 0.05) is 13.1 Å². The molecule has 0 aromatic carbocycles. The molecule has 0 spiro atoms. The highest BCUT2D eigenvalue weighted by molar-refractivity contribution is 4.81. The molecule has 3 nitrogen and oxygen atoms in total. The van der Waals surface area contributed by atoms with E-state index in [2.05, 4.69) is 10.9 Å². The van der Waals surface area contributed by atoms with E-state index in [-0.39, 0.29) is 0 Å². The maximum Gasteiger partial charge on any atom is 0.0895 e. The van der Waals surface area contributed by atoms with E-state index in [9.17, 15) is 0 Å². The van der Waals surface area contributed by atoms with Gasteiger partial charge in [0.05, 0.1) is 5.60 Å².